The highest BCUT2D eigenvalue weighted by atomic mass is 16.2. The molecule has 0 saturated heterocycles. The van der Waals surface area contributed by atoms with E-state index >= 15 is 0 Å². The Balaban J connectivity index is 2.57. The molecule has 0 radical (unpaired) electrons. The number of nitrogens with two attached hydrogens (primary N) is 1. The summed E-state index contributed by atoms with van der Waals surface area (Å²) < 4.78 is 1.58. The van der Waals surface area contributed by atoms with Gasteiger partial charge in [0.25, 0.3) is 0 Å². The van der Waals surface area contributed by atoms with Crippen molar-refractivity contribution >= 4 is 11.8 Å². The molecule has 1 heterocycles. The van der Waals surface area contributed by atoms with E-state index in [4.69, 9.17) is 5.84 Å². The third kappa shape index (κ3) is 1.94. The first-order valence-electron chi connectivity index (χ1n) is 2.99. The Morgan fingerprint density at radius 1 is 1.82 bits per heavy atom. The molecule has 0 fully saturated rings. The van der Waals surface area contributed by atoms with Crippen molar-refractivity contribution in [2.24, 2.45) is 12.9 Å². The standard InChI is InChI=1S/C5H9N5O/c1-10-3-2-4(9-10)7-5(11)8-6/h2-3H,6H2,1H3,(H2,7,8,9,11). The molecule has 1 rings (SSSR count). The summed E-state index contributed by atoms with van der Waals surface area (Å²) in [6, 6.07) is 1.18. The number of nitrogens with zero attached hydrogens (tertiary/aromatic N) is 2. The van der Waals surface area contributed by atoms with E-state index in [0.717, 1.165) is 0 Å². The van der Waals surface area contributed by atoms with Crippen LogP contribution in [0.2, 0.25) is 0 Å². The minimum Gasteiger partial charge on any atom is -0.290 e. The third-order valence-corrected chi connectivity index (χ3v) is 1.09. The predicted octanol–water partition coefficient (Wildman–Crippen LogP) is -0.585. The number of aryl methyl sites for hydroxylation is 1. The summed E-state index contributed by atoms with van der Waals surface area (Å²) in [4.78, 5) is 10.6. The van der Waals surface area contributed by atoms with Crippen molar-refractivity contribution in [3.8, 4) is 0 Å². The van der Waals surface area contributed by atoms with Gasteiger partial charge in [-0.15, -0.1) is 0 Å². The van der Waals surface area contributed by atoms with Gasteiger partial charge < -0.3 is 0 Å². The van der Waals surface area contributed by atoms with E-state index < -0.39 is 6.03 Å². The number of nitrogens with one attached hydrogen (secondary N) is 2. The van der Waals surface area contributed by atoms with Crippen LogP contribution in [0.4, 0.5) is 10.6 Å². The van der Waals surface area contributed by atoms with Gasteiger partial charge in [-0.2, -0.15) is 5.10 Å². The van der Waals surface area contributed by atoms with Crippen molar-refractivity contribution in [1.82, 2.24) is 15.2 Å². The van der Waals surface area contributed by atoms with Crippen LogP contribution >= 0.6 is 0 Å². The largest absolute Gasteiger partial charge is 0.334 e. The Hall–Kier alpha value is -1.56. The molecular weight excluding hydrogens is 146 g/mol. The van der Waals surface area contributed by atoms with E-state index in [9.17, 15) is 4.79 Å². The van der Waals surface area contributed by atoms with E-state index in [2.05, 4.69) is 10.4 Å². The van der Waals surface area contributed by atoms with Crippen molar-refractivity contribution in [2.45, 2.75) is 0 Å². The number of urea groups is 1. The number of hydrogen-bond donors (Lipinski definition) is 3. The van der Waals surface area contributed by atoms with Gasteiger partial charge in [-0.1, -0.05) is 0 Å². The number of carbonyl (C=O) groups is 1. The van der Waals surface area contributed by atoms with Gasteiger partial charge in [-0.3, -0.25) is 15.4 Å². The molecule has 2 amide bonds. The van der Waals surface area contributed by atoms with Gasteiger partial charge >= 0.3 is 6.03 Å². The lowest BCUT2D eigenvalue weighted by molar-refractivity contribution is 0.252. The first-order valence-corrected chi connectivity index (χ1v) is 2.99. The van der Waals surface area contributed by atoms with Crippen molar-refractivity contribution in [3.63, 3.8) is 0 Å². The van der Waals surface area contributed by atoms with E-state index in [-0.39, 0.29) is 0 Å². The minimum absolute atomic E-state index is 0.468. The molecule has 0 spiro atoms. The van der Waals surface area contributed by atoms with Gasteiger partial charge in [0, 0.05) is 19.3 Å². The Bertz CT molecular complexity index is 255. The molecule has 0 saturated carbocycles. The molecule has 1 aromatic heterocycles. The molecular formula is C5H9N5O. The second kappa shape index (κ2) is 3.02. The van der Waals surface area contributed by atoms with Gasteiger partial charge in [0.15, 0.2) is 5.82 Å². The molecule has 11 heavy (non-hydrogen) atoms. The molecule has 0 aliphatic carbocycles. The number of aromatic nitrogens is 2. The SMILES string of the molecule is Cn1ccc(NC(=O)NN)n1. The highest BCUT2D eigenvalue weighted by molar-refractivity contribution is 5.87. The summed E-state index contributed by atoms with van der Waals surface area (Å²) in [6.07, 6.45) is 1.71. The van der Waals surface area contributed by atoms with Gasteiger partial charge in [-0.25, -0.2) is 10.6 Å². The van der Waals surface area contributed by atoms with Crippen LogP contribution in [-0.2, 0) is 7.05 Å². The average molecular weight is 155 g/mol. The highest BCUT2D eigenvalue weighted by Gasteiger charge is 1.99. The van der Waals surface area contributed by atoms with Crippen LogP contribution in [0.25, 0.3) is 0 Å². The smallest absolute Gasteiger partial charge is 0.290 e. The van der Waals surface area contributed by atoms with Crippen LogP contribution in [0.5, 0.6) is 0 Å². The molecule has 4 N–H and O–H groups in total. The van der Waals surface area contributed by atoms with E-state index in [0.29, 0.717) is 5.82 Å². The maximum Gasteiger partial charge on any atom is 0.334 e. The highest BCUT2D eigenvalue weighted by Crippen LogP contribution is 1.98. The number of hydrogen-bond acceptors (Lipinski definition) is 3. The normalized spacial score (nSPS) is 9.27. The zero-order chi connectivity index (χ0) is 8.27. The molecule has 1 aromatic rings. The molecule has 0 aliphatic rings. The monoisotopic (exact) mass is 155 g/mol. The molecule has 6 heteroatoms. The van der Waals surface area contributed by atoms with Gasteiger partial charge in [-0.05, 0) is 0 Å². The van der Waals surface area contributed by atoms with Crippen LogP contribution in [-0.4, -0.2) is 15.8 Å². The average Bonchev–Trinajstić information content (AvgIpc) is 2.35. The Morgan fingerprint density at radius 2 is 2.55 bits per heavy atom. The fraction of sp³-hybridized carbons (Fsp3) is 0.200. The summed E-state index contributed by atoms with van der Waals surface area (Å²) in [6.45, 7) is 0. The van der Waals surface area contributed by atoms with Crippen molar-refractivity contribution in [2.75, 3.05) is 5.32 Å². The fourth-order valence-electron chi connectivity index (χ4n) is 0.634. The number of anilines is 1. The van der Waals surface area contributed by atoms with Crippen LogP contribution in [0.3, 0.4) is 0 Å². The number of rotatable bonds is 1. The Kier molecular flexibility index (Phi) is 2.07. The van der Waals surface area contributed by atoms with Crippen molar-refractivity contribution in [1.29, 1.82) is 0 Å². The summed E-state index contributed by atoms with van der Waals surface area (Å²) in [5, 5.41) is 6.29. The van der Waals surface area contributed by atoms with Crippen LogP contribution in [0.15, 0.2) is 12.3 Å². The molecule has 0 atom stereocenters. The third-order valence-electron chi connectivity index (χ3n) is 1.09. The molecule has 0 aromatic carbocycles. The van der Waals surface area contributed by atoms with Crippen LogP contribution in [0.1, 0.15) is 0 Å². The fourth-order valence-corrected chi connectivity index (χ4v) is 0.634. The van der Waals surface area contributed by atoms with Crippen molar-refractivity contribution < 1.29 is 4.79 Å². The predicted molar refractivity (Wildman–Crippen MR) is 39.5 cm³/mol. The molecule has 6 nitrogen and oxygen atoms in total. The second-order valence-corrected chi connectivity index (χ2v) is 1.97. The first-order chi connectivity index (χ1) is 5.22. The number of amides is 2. The van der Waals surface area contributed by atoms with Gasteiger partial charge in [0.05, 0.1) is 0 Å². The summed E-state index contributed by atoms with van der Waals surface area (Å²) in [5.74, 6) is 5.30. The second-order valence-electron chi connectivity index (χ2n) is 1.97. The minimum atomic E-state index is -0.483. The van der Waals surface area contributed by atoms with Crippen LogP contribution < -0.4 is 16.6 Å². The lowest BCUT2D eigenvalue weighted by Gasteiger charge is -1.97. The number of hydrazine groups is 1. The zero-order valence-electron chi connectivity index (χ0n) is 6.03. The van der Waals surface area contributed by atoms with E-state index in [1.54, 1.807) is 24.0 Å². The Labute approximate surface area is 63.3 Å². The lowest BCUT2D eigenvalue weighted by Crippen LogP contribution is -2.34. The van der Waals surface area contributed by atoms with Crippen LogP contribution in [0, 0.1) is 0 Å². The number of carbonyl (C=O) groups excluding carboxylic acids is 1. The lowest BCUT2D eigenvalue weighted by atomic mass is 10.6. The first kappa shape index (κ1) is 7.55. The topological polar surface area (TPSA) is 85.0 Å². The molecule has 0 aliphatic heterocycles. The molecule has 0 unspecified atom stereocenters. The maximum absolute atomic E-state index is 10.6. The Morgan fingerprint density at radius 3 is 3.00 bits per heavy atom. The van der Waals surface area contributed by atoms with E-state index in [1.807, 2.05) is 5.43 Å². The summed E-state index contributed by atoms with van der Waals surface area (Å²) in [5.41, 5.74) is 1.92. The van der Waals surface area contributed by atoms with E-state index in [1.165, 1.54) is 0 Å². The van der Waals surface area contributed by atoms with Gasteiger partial charge in [0.2, 0.25) is 0 Å². The van der Waals surface area contributed by atoms with Gasteiger partial charge in [0.1, 0.15) is 0 Å². The zero-order valence-corrected chi connectivity index (χ0v) is 6.03. The summed E-state index contributed by atoms with van der Waals surface area (Å²) in [7, 11) is 1.76. The summed E-state index contributed by atoms with van der Waals surface area (Å²) >= 11 is 0. The quantitative estimate of drug-likeness (QED) is 0.288. The van der Waals surface area contributed by atoms with Crippen molar-refractivity contribution in [3.05, 3.63) is 12.3 Å². The molecule has 0 bridgehead atoms. The maximum atomic E-state index is 10.6. The molecule has 60 valence electrons.